The molecule has 4 rings (SSSR count). The number of anilines is 3. The first kappa shape index (κ1) is 27.4. The number of likely N-dealkylation sites (N-methyl/N-ethyl adjacent to an activating group) is 1. The molecule has 3 aromatic rings. The smallest absolute Gasteiger partial charge is 0.253 e. The van der Waals surface area contributed by atoms with Crippen molar-refractivity contribution in [3.63, 3.8) is 0 Å². The molecule has 190 valence electrons. The molecule has 1 aliphatic rings. The predicted octanol–water partition coefficient (Wildman–Crippen LogP) is 4.84. The lowest BCUT2D eigenvalue weighted by Gasteiger charge is -2.20. The molecule has 1 heterocycles. The molecule has 4 N–H and O–H groups in total. The van der Waals surface area contributed by atoms with Crippen molar-refractivity contribution in [1.29, 1.82) is 0 Å². The normalized spacial score (nSPS) is 16.6. The molecule has 9 heteroatoms. The molecule has 1 aliphatic carbocycles. The quantitative estimate of drug-likeness (QED) is 0.303. The van der Waals surface area contributed by atoms with E-state index in [2.05, 4.69) is 55.3 Å². The second kappa shape index (κ2) is 12.7. The van der Waals surface area contributed by atoms with Crippen LogP contribution in [-0.4, -0.2) is 46.3 Å². The van der Waals surface area contributed by atoms with Gasteiger partial charge in [-0.3, -0.25) is 9.59 Å². The summed E-state index contributed by atoms with van der Waals surface area (Å²) in [5.41, 5.74) is 8.15. The number of nitrogens with zero attached hydrogens (tertiary/aromatic N) is 3. The minimum atomic E-state index is -0.275. The van der Waals surface area contributed by atoms with Crippen LogP contribution >= 0.6 is 22.6 Å². The van der Waals surface area contributed by atoms with Crippen LogP contribution in [0.25, 0.3) is 0 Å². The van der Waals surface area contributed by atoms with Gasteiger partial charge in [0.25, 0.3) is 5.91 Å². The van der Waals surface area contributed by atoms with Crippen molar-refractivity contribution >= 4 is 51.9 Å². The number of benzene rings is 2. The Morgan fingerprint density at radius 3 is 2.53 bits per heavy atom. The number of nitrogens with two attached hydrogens (primary N) is 1. The molecule has 1 aromatic heterocycles. The number of primary amides is 1. The highest BCUT2D eigenvalue weighted by atomic mass is 127. The van der Waals surface area contributed by atoms with E-state index in [1.54, 1.807) is 23.2 Å². The Kier molecular flexibility index (Phi) is 9.63. The van der Waals surface area contributed by atoms with Crippen molar-refractivity contribution < 1.29 is 9.59 Å². The van der Waals surface area contributed by atoms with E-state index in [0.29, 0.717) is 23.9 Å². The zero-order valence-electron chi connectivity index (χ0n) is 19.6. The van der Waals surface area contributed by atoms with Crippen LogP contribution in [-0.2, 0) is 11.2 Å². The molecule has 1 saturated carbocycles. The average molecular weight is 601 g/mol. The van der Waals surface area contributed by atoms with E-state index in [1.165, 1.54) is 5.56 Å². The van der Waals surface area contributed by atoms with Crippen LogP contribution in [0.2, 0.25) is 0 Å². The fourth-order valence-electron chi connectivity index (χ4n) is 4.27. The minimum absolute atomic E-state index is 0. The zero-order valence-corrected chi connectivity index (χ0v) is 21.7. The van der Waals surface area contributed by atoms with Gasteiger partial charge in [0.1, 0.15) is 5.82 Å². The lowest BCUT2D eigenvalue weighted by molar-refractivity contribution is -0.121. The molecule has 0 radical (unpaired) electrons. The summed E-state index contributed by atoms with van der Waals surface area (Å²) in [4.78, 5) is 35.2. The second-order valence-corrected chi connectivity index (χ2v) is 9.91. The highest BCUT2D eigenvalue weighted by Crippen LogP contribution is 2.29. The van der Waals surface area contributed by atoms with Gasteiger partial charge in [-0.2, -0.15) is 4.98 Å². The van der Waals surface area contributed by atoms with E-state index in [1.807, 2.05) is 37.4 Å². The lowest BCUT2D eigenvalue weighted by atomic mass is 10.0. The Morgan fingerprint density at radius 1 is 1.11 bits per heavy atom. The summed E-state index contributed by atoms with van der Waals surface area (Å²) < 4.78 is 0.864. The maximum Gasteiger partial charge on any atom is 0.253 e. The highest BCUT2D eigenvalue weighted by molar-refractivity contribution is 14.1. The number of carbonyl (C=O) groups excluding carboxylic acids is 2. The third-order valence-corrected chi connectivity index (χ3v) is 7.05. The van der Waals surface area contributed by atoms with Gasteiger partial charge in [-0.25, -0.2) is 4.98 Å². The lowest BCUT2D eigenvalue weighted by Crippen LogP contribution is -2.34. The molecule has 8 nitrogen and oxygen atoms in total. The van der Waals surface area contributed by atoms with Gasteiger partial charge < -0.3 is 21.3 Å². The first-order valence-corrected chi connectivity index (χ1v) is 12.7. The minimum Gasteiger partial charge on any atom is -0.369 e. The van der Waals surface area contributed by atoms with E-state index in [9.17, 15) is 9.59 Å². The highest BCUT2D eigenvalue weighted by Gasteiger charge is 2.32. The van der Waals surface area contributed by atoms with Crippen molar-refractivity contribution in [2.75, 3.05) is 24.2 Å². The fraction of sp³-hybridized carbons (Fsp3) is 0.333. The number of nitrogens with one attached hydrogen (secondary N) is 2. The maximum absolute atomic E-state index is 12.8. The Balaban J connectivity index is 0.00000361. The molecule has 1 fully saturated rings. The van der Waals surface area contributed by atoms with Gasteiger partial charge in [0.15, 0.2) is 0 Å². The van der Waals surface area contributed by atoms with E-state index in [-0.39, 0.29) is 31.2 Å². The predicted molar refractivity (Wildman–Crippen MR) is 152 cm³/mol. The Labute approximate surface area is 226 Å². The molecular formula is C27H33IN6O2. The molecule has 2 atom stereocenters. The van der Waals surface area contributed by atoms with Gasteiger partial charge in [-0.1, -0.05) is 44.2 Å². The molecule has 0 spiro atoms. The van der Waals surface area contributed by atoms with Crippen LogP contribution in [0.4, 0.5) is 17.5 Å². The third kappa shape index (κ3) is 6.93. The SMILES string of the molecule is C.CN(CCc1ccccc1)C(=O)c1ccc(Nc2ncc(I)c(N[C@@H]3CCC[C@@H]3C(N)=O)n2)cc1. The Bertz CT molecular complexity index is 1170. The van der Waals surface area contributed by atoms with Gasteiger partial charge in [0.05, 0.1) is 9.49 Å². The van der Waals surface area contributed by atoms with Crippen molar-refractivity contribution in [3.05, 3.63) is 75.5 Å². The van der Waals surface area contributed by atoms with Crippen LogP contribution < -0.4 is 16.4 Å². The van der Waals surface area contributed by atoms with Gasteiger partial charge in [0, 0.05) is 37.1 Å². The zero-order chi connectivity index (χ0) is 24.8. The molecule has 0 aliphatic heterocycles. The van der Waals surface area contributed by atoms with Crippen LogP contribution in [0.5, 0.6) is 0 Å². The van der Waals surface area contributed by atoms with E-state index in [4.69, 9.17) is 5.73 Å². The third-order valence-electron chi connectivity index (χ3n) is 6.26. The topological polar surface area (TPSA) is 113 Å². The summed E-state index contributed by atoms with van der Waals surface area (Å²) in [6, 6.07) is 17.4. The number of halogens is 1. The van der Waals surface area contributed by atoms with Crippen molar-refractivity contribution in [2.45, 2.75) is 39.2 Å². The number of rotatable bonds is 9. The van der Waals surface area contributed by atoms with E-state index in [0.717, 1.165) is 34.9 Å². The Morgan fingerprint density at radius 2 is 1.83 bits per heavy atom. The summed E-state index contributed by atoms with van der Waals surface area (Å²) in [7, 11) is 1.82. The summed E-state index contributed by atoms with van der Waals surface area (Å²) in [6.45, 7) is 0.646. The standard InChI is InChI=1S/C26H29IN6O2.CH4/c1-33(15-14-17-6-3-2-4-7-17)25(35)18-10-12-19(13-11-18)30-26-29-16-21(27)24(32-26)31-22-9-5-8-20(22)23(28)34;/h2-4,6-7,10-13,16,20,22H,5,8-9,14-15H2,1H3,(H2,28,34)(H2,29,30,31,32);1H4/t20-,22+;/m0./s1. The van der Waals surface area contributed by atoms with Crippen LogP contribution in [0, 0.1) is 9.49 Å². The maximum atomic E-state index is 12.8. The number of hydrogen-bond acceptors (Lipinski definition) is 6. The Hall–Kier alpha value is -3.21. The summed E-state index contributed by atoms with van der Waals surface area (Å²) in [5, 5.41) is 6.57. The first-order valence-electron chi connectivity index (χ1n) is 11.7. The summed E-state index contributed by atoms with van der Waals surface area (Å²) in [5.74, 6) is 0.620. The first-order chi connectivity index (χ1) is 16.9. The van der Waals surface area contributed by atoms with Gasteiger partial charge >= 0.3 is 0 Å². The second-order valence-electron chi connectivity index (χ2n) is 8.75. The number of amides is 2. The molecular weight excluding hydrogens is 567 g/mol. The molecule has 0 saturated heterocycles. The molecule has 0 unspecified atom stereocenters. The van der Waals surface area contributed by atoms with Crippen LogP contribution in [0.1, 0.15) is 42.6 Å². The molecule has 2 amide bonds. The van der Waals surface area contributed by atoms with Gasteiger partial charge in [-0.05, 0) is 71.7 Å². The van der Waals surface area contributed by atoms with Crippen molar-refractivity contribution in [2.24, 2.45) is 11.7 Å². The largest absolute Gasteiger partial charge is 0.369 e. The number of aromatic nitrogens is 2. The molecule has 36 heavy (non-hydrogen) atoms. The van der Waals surface area contributed by atoms with Gasteiger partial charge in [-0.15, -0.1) is 0 Å². The van der Waals surface area contributed by atoms with Crippen molar-refractivity contribution in [1.82, 2.24) is 14.9 Å². The fourth-order valence-corrected chi connectivity index (χ4v) is 4.68. The van der Waals surface area contributed by atoms with Crippen molar-refractivity contribution in [3.8, 4) is 0 Å². The number of hydrogen-bond donors (Lipinski definition) is 3. The summed E-state index contributed by atoms with van der Waals surface area (Å²) in [6.07, 6.45) is 5.18. The summed E-state index contributed by atoms with van der Waals surface area (Å²) >= 11 is 2.17. The monoisotopic (exact) mass is 600 g/mol. The average Bonchev–Trinajstić information content (AvgIpc) is 3.34. The van der Waals surface area contributed by atoms with E-state index >= 15 is 0 Å². The van der Waals surface area contributed by atoms with Gasteiger partial charge in [0.2, 0.25) is 11.9 Å². The van der Waals surface area contributed by atoms with Crippen LogP contribution in [0.15, 0.2) is 60.8 Å². The van der Waals surface area contributed by atoms with E-state index < -0.39 is 0 Å². The number of carbonyl (C=O) groups is 2. The van der Waals surface area contributed by atoms with Crippen LogP contribution in [0.3, 0.4) is 0 Å². The molecule has 2 aromatic carbocycles. The molecule has 0 bridgehead atoms.